The number of ether oxygens (including phenoxy) is 1. The second-order valence-corrected chi connectivity index (χ2v) is 7.87. The number of hydrogen-bond donors (Lipinski definition) is 2. The Balaban J connectivity index is 1.55. The fraction of sp³-hybridized carbons (Fsp3) is 0.348. The van der Waals surface area contributed by atoms with Crippen LogP contribution in [-0.4, -0.2) is 57.2 Å². The molecule has 0 unspecified atom stereocenters. The first kappa shape index (κ1) is 23.1. The number of alkyl halides is 3. The van der Waals surface area contributed by atoms with Gasteiger partial charge in [0.25, 0.3) is 5.91 Å². The summed E-state index contributed by atoms with van der Waals surface area (Å²) < 4.78 is 60.9. The van der Waals surface area contributed by atoms with E-state index in [0.717, 1.165) is 12.6 Å². The zero-order chi connectivity index (χ0) is 23.6. The predicted molar refractivity (Wildman–Crippen MR) is 119 cm³/mol. The van der Waals surface area contributed by atoms with Crippen molar-refractivity contribution in [3.63, 3.8) is 0 Å². The molecular weight excluding hydrogens is 440 g/mol. The van der Waals surface area contributed by atoms with Gasteiger partial charge in [-0.15, -0.1) is 0 Å². The molecule has 1 amide bonds. The van der Waals surface area contributed by atoms with E-state index in [1.807, 2.05) is 0 Å². The normalized spacial score (nSPS) is 17.9. The van der Waals surface area contributed by atoms with Crippen molar-refractivity contribution in [2.24, 2.45) is 0 Å². The van der Waals surface area contributed by atoms with Crippen molar-refractivity contribution < 1.29 is 27.1 Å². The first-order chi connectivity index (χ1) is 15.8. The van der Waals surface area contributed by atoms with Crippen molar-refractivity contribution in [1.82, 2.24) is 4.90 Å². The third kappa shape index (κ3) is 4.96. The van der Waals surface area contributed by atoms with E-state index in [1.54, 1.807) is 18.1 Å². The van der Waals surface area contributed by atoms with E-state index in [2.05, 4.69) is 15.5 Å². The maximum Gasteiger partial charge on any atom is 0.418 e. The Bertz CT molecular complexity index is 1060. The van der Waals surface area contributed by atoms with Crippen LogP contribution in [0.3, 0.4) is 0 Å². The molecule has 4 rings (SSSR count). The molecule has 2 N–H and O–H groups in total. The molecule has 0 atom stereocenters. The molecule has 10 heteroatoms. The van der Waals surface area contributed by atoms with Crippen molar-refractivity contribution in [3.05, 3.63) is 59.5 Å². The van der Waals surface area contributed by atoms with Gasteiger partial charge in [0.15, 0.2) is 0 Å². The topological polar surface area (TPSA) is 56.8 Å². The molecule has 0 saturated carbocycles. The molecule has 2 aliphatic rings. The van der Waals surface area contributed by atoms with Gasteiger partial charge in [0, 0.05) is 63.0 Å². The Morgan fingerprint density at radius 2 is 1.91 bits per heavy atom. The van der Waals surface area contributed by atoms with Crippen LogP contribution in [0.25, 0.3) is 5.57 Å². The number of piperazine rings is 1. The van der Waals surface area contributed by atoms with Gasteiger partial charge in [-0.1, -0.05) is 6.07 Å². The third-order valence-corrected chi connectivity index (χ3v) is 5.79. The van der Waals surface area contributed by atoms with E-state index in [0.29, 0.717) is 38.5 Å². The lowest BCUT2D eigenvalue weighted by Gasteiger charge is -2.37. The molecule has 2 aromatic rings. The van der Waals surface area contributed by atoms with Crippen LogP contribution in [0.5, 0.6) is 0 Å². The lowest BCUT2D eigenvalue weighted by molar-refractivity contribution is -0.137. The van der Waals surface area contributed by atoms with Gasteiger partial charge >= 0.3 is 6.18 Å². The SMILES string of the molecule is COCCN1CCN(c2ccc(NC=C3C(=O)Nc4cccc(F)c43)cc2C(F)(F)F)CC1. The van der Waals surface area contributed by atoms with Gasteiger partial charge in [0.1, 0.15) is 5.82 Å². The molecule has 176 valence electrons. The van der Waals surface area contributed by atoms with Gasteiger partial charge in [0.2, 0.25) is 0 Å². The minimum absolute atomic E-state index is 0.0212. The zero-order valence-corrected chi connectivity index (χ0v) is 18.0. The molecule has 1 fully saturated rings. The van der Waals surface area contributed by atoms with Gasteiger partial charge in [0.05, 0.1) is 23.4 Å². The summed E-state index contributed by atoms with van der Waals surface area (Å²) in [5, 5.41) is 5.27. The maximum absolute atomic E-state index is 14.2. The van der Waals surface area contributed by atoms with Crippen LogP contribution in [0.15, 0.2) is 42.6 Å². The Hall–Kier alpha value is -3.11. The molecule has 2 aromatic carbocycles. The number of nitrogens with zero attached hydrogens (tertiary/aromatic N) is 2. The van der Waals surface area contributed by atoms with E-state index in [4.69, 9.17) is 4.74 Å². The van der Waals surface area contributed by atoms with E-state index >= 15 is 0 Å². The lowest BCUT2D eigenvalue weighted by Crippen LogP contribution is -2.47. The smallest absolute Gasteiger partial charge is 0.383 e. The number of anilines is 3. The molecular formula is C23H24F4N4O2. The number of fused-ring (bicyclic) bond motifs is 1. The summed E-state index contributed by atoms with van der Waals surface area (Å²) in [5.74, 6) is -1.11. The first-order valence-corrected chi connectivity index (χ1v) is 10.5. The average molecular weight is 464 g/mol. The number of carbonyl (C=O) groups is 1. The molecule has 1 saturated heterocycles. The fourth-order valence-corrected chi connectivity index (χ4v) is 4.06. The van der Waals surface area contributed by atoms with Crippen LogP contribution in [0, 0.1) is 5.82 Å². The monoisotopic (exact) mass is 464 g/mol. The summed E-state index contributed by atoms with van der Waals surface area (Å²) in [6, 6.07) is 8.21. The van der Waals surface area contributed by atoms with Crippen LogP contribution in [0.1, 0.15) is 11.1 Å². The van der Waals surface area contributed by atoms with Crippen LogP contribution in [-0.2, 0) is 15.7 Å². The van der Waals surface area contributed by atoms with E-state index in [9.17, 15) is 22.4 Å². The van der Waals surface area contributed by atoms with Gasteiger partial charge < -0.3 is 20.3 Å². The number of nitrogens with one attached hydrogen (secondary N) is 2. The third-order valence-electron chi connectivity index (χ3n) is 5.79. The van der Waals surface area contributed by atoms with Gasteiger partial charge in [-0.05, 0) is 30.3 Å². The van der Waals surface area contributed by atoms with Crippen molar-refractivity contribution in [2.75, 3.05) is 62.0 Å². The summed E-state index contributed by atoms with van der Waals surface area (Å²) in [6.45, 7) is 3.56. The average Bonchev–Trinajstić information content (AvgIpc) is 3.12. The second-order valence-electron chi connectivity index (χ2n) is 7.87. The van der Waals surface area contributed by atoms with Crippen molar-refractivity contribution in [3.8, 4) is 0 Å². The molecule has 2 aliphatic heterocycles. The number of halogens is 4. The number of amides is 1. The van der Waals surface area contributed by atoms with Gasteiger partial charge in [-0.25, -0.2) is 4.39 Å². The predicted octanol–water partition coefficient (Wildman–Crippen LogP) is 4.02. The standard InChI is InChI=1S/C23H24F4N4O2/c1-33-12-11-30-7-9-31(10-8-30)20-6-5-15(13-17(20)23(25,26)27)28-14-16-21-18(24)3-2-4-19(21)29-22(16)32/h2-6,13-14,28H,7-12H2,1H3,(H,29,32). The molecule has 0 bridgehead atoms. The summed E-state index contributed by atoms with van der Waals surface area (Å²) in [6.07, 6.45) is -3.33. The Kier molecular flexibility index (Phi) is 6.57. The summed E-state index contributed by atoms with van der Waals surface area (Å²) in [4.78, 5) is 16.1. The van der Waals surface area contributed by atoms with Crippen LogP contribution in [0.2, 0.25) is 0 Å². The summed E-state index contributed by atoms with van der Waals surface area (Å²) in [5.41, 5.74) is -0.0679. The number of hydrogen-bond acceptors (Lipinski definition) is 5. The molecule has 2 heterocycles. The van der Waals surface area contributed by atoms with Crippen molar-refractivity contribution in [1.29, 1.82) is 0 Å². The van der Waals surface area contributed by atoms with Crippen LogP contribution < -0.4 is 15.5 Å². The highest BCUT2D eigenvalue weighted by molar-refractivity contribution is 6.31. The highest BCUT2D eigenvalue weighted by Gasteiger charge is 2.36. The molecule has 33 heavy (non-hydrogen) atoms. The quantitative estimate of drug-likeness (QED) is 0.500. The van der Waals surface area contributed by atoms with E-state index < -0.39 is 23.5 Å². The highest BCUT2D eigenvalue weighted by atomic mass is 19.4. The Morgan fingerprint density at radius 3 is 2.61 bits per heavy atom. The van der Waals surface area contributed by atoms with Crippen LogP contribution >= 0.6 is 0 Å². The molecule has 0 radical (unpaired) electrons. The molecule has 0 aliphatic carbocycles. The second kappa shape index (κ2) is 9.40. The minimum Gasteiger partial charge on any atom is -0.383 e. The van der Waals surface area contributed by atoms with Gasteiger partial charge in [-0.2, -0.15) is 13.2 Å². The molecule has 0 aromatic heterocycles. The lowest BCUT2D eigenvalue weighted by atomic mass is 10.1. The highest BCUT2D eigenvalue weighted by Crippen LogP contribution is 2.39. The zero-order valence-electron chi connectivity index (χ0n) is 18.0. The Labute approximate surface area is 188 Å². The van der Waals surface area contributed by atoms with E-state index in [1.165, 1.54) is 30.5 Å². The van der Waals surface area contributed by atoms with Crippen molar-refractivity contribution in [2.45, 2.75) is 6.18 Å². The van der Waals surface area contributed by atoms with Crippen LogP contribution in [0.4, 0.5) is 34.6 Å². The summed E-state index contributed by atoms with van der Waals surface area (Å²) >= 11 is 0. The molecule has 6 nitrogen and oxygen atoms in total. The number of methoxy groups -OCH3 is 1. The molecule has 0 spiro atoms. The largest absolute Gasteiger partial charge is 0.418 e. The Morgan fingerprint density at radius 1 is 1.15 bits per heavy atom. The fourth-order valence-electron chi connectivity index (χ4n) is 4.06. The maximum atomic E-state index is 14.2. The summed E-state index contributed by atoms with van der Waals surface area (Å²) in [7, 11) is 1.62. The first-order valence-electron chi connectivity index (χ1n) is 10.5. The van der Waals surface area contributed by atoms with Crippen molar-refractivity contribution >= 4 is 28.5 Å². The number of rotatable bonds is 6. The van der Waals surface area contributed by atoms with Gasteiger partial charge in [-0.3, -0.25) is 9.69 Å². The minimum atomic E-state index is -4.56. The number of benzene rings is 2. The van der Waals surface area contributed by atoms with E-state index in [-0.39, 0.29) is 22.5 Å². The number of carbonyl (C=O) groups excluding carboxylic acids is 1.